The third-order valence-corrected chi connectivity index (χ3v) is 7.38. The Bertz CT molecular complexity index is 1250. The molecular weight excluding hydrogens is 509 g/mol. The van der Waals surface area contributed by atoms with E-state index >= 15 is 0 Å². The van der Waals surface area contributed by atoms with E-state index in [1.165, 1.54) is 28.8 Å². The Balaban J connectivity index is 1.47. The van der Waals surface area contributed by atoms with Crippen LogP contribution in [0.1, 0.15) is 37.3 Å². The Kier molecular flexibility index (Phi) is 9.24. The van der Waals surface area contributed by atoms with E-state index in [1.807, 2.05) is 31.2 Å². The minimum atomic E-state index is -0.918. The van der Waals surface area contributed by atoms with Crippen LogP contribution in [0.2, 0.25) is 0 Å². The molecule has 0 saturated carbocycles. The normalized spacial score (nSPS) is 16.8. The Morgan fingerprint density at radius 3 is 2.66 bits per heavy atom. The van der Waals surface area contributed by atoms with Gasteiger partial charge in [0.25, 0.3) is 5.91 Å². The summed E-state index contributed by atoms with van der Waals surface area (Å²) in [5.41, 5.74) is 2.08. The number of thioether (sulfide) groups is 1. The summed E-state index contributed by atoms with van der Waals surface area (Å²) in [5, 5.41) is 5.57. The highest BCUT2D eigenvalue weighted by molar-refractivity contribution is 8.15. The third-order valence-electron chi connectivity index (χ3n) is 6.06. The molecule has 0 saturated heterocycles. The maximum Gasteiger partial charge on any atom is 0.259 e. The highest BCUT2D eigenvalue weighted by Gasteiger charge is 2.43. The molecule has 2 atom stereocenters. The van der Waals surface area contributed by atoms with Gasteiger partial charge in [-0.15, -0.1) is 0 Å². The second kappa shape index (κ2) is 12.8. The molecule has 3 amide bonds. The molecule has 0 aliphatic carbocycles. The van der Waals surface area contributed by atoms with Crippen LogP contribution in [0, 0.1) is 5.82 Å². The van der Waals surface area contributed by atoms with Gasteiger partial charge in [0.05, 0.1) is 17.4 Å². The summed E-state index contributed by atoms with van der Waals surface area (Å²) in [6.07, 6.45) is 1.09. The van der Waals surface area contributed by atoms with Crippen LogP contribution in [-0.4, -0.2) is 65.2 Å². The summed E-state index contributed by atoms with van der Waals surface area (Å²) >= 11 is 1.21. The summed E-state index contributed by atoms with van der Waals surface area (Å²) in [4.78, 5) is 49.7. The molecule has 11 heteroatoms. The van der Waals surface area contributed by atoms with E-state index in [0.29, 0.717) is 48.2 Å². The van der Waals surface area contributed by atoms with Crippen LogP contribution < -0.4 is 10.6 Å². The molecule has 2 aromatic rings. The number of aliphatic imine (C=N–C) groups is 2. The largest absolute Gasteiger partial charge is 0.385 e. The highest BCUT2D eigenvalue weighted by Crippen LogP contribution is 2.35. The number of fused-ring (bicyclic) bond motifs is 3. The standard InChI is InChI=1S/C27H30FN5O4S/c1-3-22(25(35)29-13-6-14-37-2)38-27-32-20-8-5-4-7-19(20)24-31-21(26(36)33(24)27)15-23(34)30-16-17-9-11-18(28)12-10-17/h4-5,7-12,21-22H,3,6,13-16H2,1-2H3,(H,29,35)(H,30,34). The number of amides is 3. The van der Waals surface area contributed by atoms with Crippen LogP contribution in [0.4, 0.5) is 10.1 Å². The molecule has 4 rings (SSSR count). The third kappa shape index (κ3) is 6.46. The smallest absolute Gasteiger partial charge is 0.259 e. The first-order valence-corrected chi connectivity index (χ1v) is 13.3. The molecule has 9 nitrogen and oxygen atoms in total. The minimum Gasteiger partial charge on any atom is -0.385 e. The summed E-state index contributed by atoms with van der Waals surface area (Å²) in [5.74, 6) is -0.786. The number of carbonyl (C=O) groups excluding carboxylic acids is 3. The fourth-order valence-corrected chi connectivity index (χ4v) is 5.10. The van der Waals surface area contributed by atoms with E-state index in [2.05, 4.69) is 20.6 Å². The van der Waals surface area contributed by atoms with E-state index in [0.717, 1.165) is 5.56 Å². The second-order valence-corrected chi connectivity index (χ2v) is 9.98. The molecule has 2 aromatic carbocycles. The Labute approximate surface area is 224 Å². The summed E-state index contributed by atoms with van der Waals surface area (Å²) in [6, 6.07) is 12.2. The zero-order valence-corrected chi connectivity index (χ0v) is 22.1. The molecule has 2 unspecified atom stereocenters. The van der Waals surface area contributed by atoms with Gasteiger partial charge in [0.15, 0.2) is 5.17 Å². The molecular formula is C27H30FN5O4S. The lowest BCUT2D eigenvalue weighted by atomic mass is 10.1. The molecule has 0 bridgehead atoms. The molecule has 2 aliphatic rings. The SMILES string of the molecule is CCC(SC1=Nc2ccccc2C2=NC(CC(=O)NCc3ccc(F)cc3)C(=O)N12)C(=O)NCCCOC. The molecule has 0 radical (unpaired) electrons. The van der Waals surface area contributed by atoms with Crippen LogP contribution in [0.25, 0.3) is 0 Å². The quantitative estimate of drug-likeness (QED) is 0.426. The van der Waals surface area contributed by atoms with E-state index in [9.17, 15) is 18.8 Å². The number of rotatable bonds is 11. The summed E-state index contributed by atoms with van der Waals surface area (Å²) < 4.78 is 18.2. The van der Waals surface area contributed by atoms with E-state index < -0.39 is 11.3 Å². The van der Waals surface area contributed by atoms with Gasteiger partial charge in [-0.2, -0.15) is 0 Å². The van der Waals surface area contributed by atoms with Gasteiger partial charge >= 0.3 is 0 Å². The van der Waals surface area contributed by atoms with Gasteiger partial charge in [-0.1, -0.05) is 43.0 Å². The number of ether oxygens (including phenoxy) is 1. The van der Waals surface area contributed by atoms with Crippen molar-refractivity contribution in [2.75, 3.05) is 20.3 Å². The number of para-hydroxylation sites is 1. The van der Waals surface area contributed by atoms with Crippen LogP contribution >= 0.6 is 11.8 Å². The van der Waals surface area contributed by atoms with Gasteiger partial charge in [0, 0.05) is 32.4 Å². The van der Waals surface area contributed by atoms with Crippen molar-refractivity contribution in [3.8, 4) is 0 Å². The van der Waals surface area contributed by atoms with Crippen molar-refractivity contribution in [2.24, 2.45) is 9.98 Å². The first kappa shape index (κ1) is 27.5. The Morgan fingerprint density at radius 2 is 1.92 bits per heavy atom. The Hall–Kier alpha value is -3.57. The topological polar surface area (TPSA) is 112 Å². The fourth-order valence-electron chi connectivity index (χ4n) is 4.06. The molecule has 2 N–H and O–H groups in total. The molecule has 2 heterocycles. The molecule has 2 aliphatic heterocycles. The van der Waals surface area contributed by atoms with Crippen molar-refractivity contribution in [3.63, 3.8) is 0 Å². The number of carbonyl (C=O) groups is 3. The zero-order chi connectivity index (χ0) is 27.1. The van der Waals surface area contributed by atoms with Crippen molar-refractivity contribution in [1.82, 2.24) is 15.5 Å². The molecule has 38 heavy (non-hydrogen) atoms. The number of methoxy groups -OCH3 is 1. The van der Waals surface area contributed by atoms with Gasteiger partial charge in [0.1, 0.15) is 17.7 Å². The lowest BCUT2D eigenvalue weighted by molar-refractivity contribution is -0.128. The molecule has 0 spiro atoms. The van der Waals surface area contributed by atoms with Crippen LogP contribution in [0.5, 0.6) is 0 Å². The van der Waals surface area contributed by atoms with Gasteiger partial charge < -0.3 is 15.4 Å². The minimum absolute atomic E-state index is 0.142. The number of nitrogens with one attached hydrogen (secondary N) is 2. The monoisotopic (exact) mass is 539 g/mol. The average molecular weight is 540 g/mol. The highest BCUT2D eigenvalue weighted by atomic mass is 32.2. The number of nitrogens with zero attached hydrogens (tertiary/aromatic N) is 3. The van der Waals surface area contributed by atoms with E-state index in [-0.39, 0.29) is 36.5 Å². The number of hydrogen-bond acceptors (Lipinski definition) is 7. The van der Waals surface area contributed by atoms with Crippen molar-refractivity contribution in [2.45, 2.75) is 44.0 Å². The fraction of sp³-hybridized carbons (Fsp3) is 0.370. The number of halogens is 1. The first-order valence-electron chi connectivity index (χ1n) is 12.5. The predicted octanol–water partition coefficient (Wildman–Crippen LogP) is 3.16. The van der Waals surface area contributed by atoms with Gasteiger partial charge in [-0.3, -0.25) is 19.4 Å². The van der Waals surface area contributed by atoms with Crippen LogP contribution in [-0.2, 0) is 25.7 Å². The second-order valence-electron chi connectivity index (χ2n) is 8.81. The average Bonchev–Trinajstić information content (AvgIpc) is 3.25. The Morgan fingerprint density at radius 1 is 1.16 bits per heavy atom. The lowest BCUT2D eigenvalue weighted by Gasteiger charge is -2.27. The zero-order valence-electron chi connectivity index (χ0n) is 21.3. The van der Waals surface area contributed by atoms with Crippen molar-refractivity contribution >= 4 is 46.2 Å². The van der Waals surface area contributed by atoms with Gasteiger partial charge in [-0.05, 0) is 42.7 Å². The van der Waals surface area contributed by atoms with Gasteiger partial charge in [-0.25, -0.2) is 14.3 Å². The maximum absolute atomic E-state index is 13.5. The van der Waals surface area contributed by atoms with Crippen molar-refractivity contribution < 1.29 is 23.5 Å². The van der Waals surface area contributed by atoms with E-state index in [4.69, 9.17) is 4.74 Å². The molecule has 0 aromatic heterocycles. The van der Waals surface area contributed by atoms with Gasteiger partial charge in [0.2, 0.25) is 11.8 Å². The molecule has 200 valence electrons. The summed E-state index contributed by atoms with van der Waals surface area (Å²) in [6.45, 7) is 3.15. The maximum atomic E-state index is 13.5. The predicted molar refractivity (Wildman–Crippen MR) is 145 cm³/mol. The van der Waals surface area contributed by atoms with Crippen molar-refractivity contribution in [1.29, 1.82) is 0 Å². The summed E-state index contributed by atoms with van der Waals surface area (Å²) in [7, 11) is 1.61. The number of hydrogen-bond donors (Lipinski definition) is 2. The van der Waals surface area contributed by atoms with Crippen LogP contribution in [0.3, 0.4) is 0 Å². The number of amidine groups is 2. The number of benzene rings is 2. The molecule has 0 fully saturated rings. The van der Waals surface area contributed by atoms with Crippen LogP contribution in [0.15, 0.2) is 58.5 Å². The van der Waals surface area contributed by atoms with Crippen molar-refractivity contribution in [3.05, 3.63) is 65.5 Å². The lowest BCUT2D eigenvalue weighted by Crippen LogP contribution is -2.44. The van der Waals surface area contributed by atoms with E-state index in [1.54, 1.807) is 19.2 Å². The first-order chi connectivity index (χ1) is 18.4.